The maximum atomic E-state index is 12.4. The van der Waals surface area contributed by atoms with E-state index in [1.165, 1.54) is 5.56 Å². The number of hydrogen-bond donors (Lipinski definition) is 3. The molecule has 6 heteroatoms. The first kappa shape index (κ1) is 23.3. The van der Waals surface area contributed by atoms with Crippen LogP contribution in [0.4, 0.5) is 0 Å². The summed E-state index contributed by atoms with van der Waals surface area (Å²) in [4.78, 5) is 33.0. The molecule has 2 aromatic heterocycles. The number of H-pyrrole nitrogens is 1. The van der Waals surface area contributed by atoms with Crippen LogP contribution in [0.5, 0.6) is 0 Å². The molecule has 0 aliphatic heterocycles. The average Bonchev–Trinajstić information content (AvgIpc) is 3.25. The summed E-state index contributed by atoms with van der Waals surface area (Å²) in [5.41, 5.74) is 12.1. The lowest BCUT2D eigenvalue weighted by atomic mass is 10.0. The van der Waals surface area contributed by atoms with E-state index in [2.05, 4.69) is 53.1 Å². The molecule has 2 amide bonds. The molecule has 0 unspecified atom stereocenters. The minimum absolute atomic E-state index is 0.210. The molecule has 0 aliphatic carbocycles. The van der Waals surface area contributed by atoms with Gasteiger partial charge in [0.1, 0.15) is 0 Å². The first-order valence-corrected chi connectivity index (χ1v) is 12.2. The van der Waals surface area contributed by atoms with E-state index in [-0.39, 0.29) is 18.2 Å². The Morgan fingerprint density at radius 2 is 1.64 bits per heavy atom. The van der Waals surface area contributed by atoms with Crippen LogP contribution in [-0.2, 0) is 22.4 Å². The standard InChI is InChI=1S/C30H28N4O2/c1-20-14-16-26-24(18-20)23(30(32-26)27-17-15-22-10-5-6-12-25(22)31-27)11-7-13-28(35)33-34-29(36)19-21-8-3-2-4-9-21/h2-6,8-10,12,14-18,32H,7,11,13,19H2,1H3,(H,33,35)(H,34,36). The molecule has 0 fully saturated rings. The Bertz CT molecular complexity index is 1540. The fourth-order valence-electron chi connectivity index (χ4n) is 4.50. The van der Waals surface area contributed by atoms with E-state index >= 15 is 0 Å². The van der Waals surface area contributed by atoms with Gasteiger partial charge in [-0.2, -0.15) is 0 Å². The molecule has 3 aromatic carbocycles. The lowest BCUT2D eigenvalue weighted by Gasteiger charge is -2.09. The Balaban J connectivity index is 1.27. The van der Waals surface area contributed by atoms with Crippen LogP contribution in [0, 0.1) is 6.92 Å². The Hall–Kier alpha value is -4.45. The highest BCUT2D eigenvalue weighted by Gasteiger charge is 2.16. The third-order valence-corrected chi connectivity index (χ3v) is 6.30. The molecule has 0 saturated carbocycles. The topological polar surface area (TPSA) is 86.9 Å². The van der Waals surface area contributed by atoms with Gasteiger partial charge in [0.05, 0.1) is 23.3 Å². The molecule has 2 heterocycles. The van der Waals surface area contributed by atoms with Gasteiger partial charge in [0.25, 0.3) is 0 Å². The lowest BCUT2D eigenvalue weighted by Crippen LogP contribution is -2.42. The molecule has 0 bridgehead atoms. The van der Waals surface area contributed by atoms with Crippen molar-refractivity contribution in [3.8, 4) is 11.4 Å². The molecule has 0 saturated heterocycles. The van der Waals surface area contributed by atoms with E-state index in [9.17, 15) is 9.59 Å². The van der Waals surface area contributed by atoms with Crippen molar-refractivity contribution < 1.29 is 9.59 Å². The van der Waals surface area contributed by atoms with Gasteiger partial charge in [-0.1, -0.05) is 66.2 Å². The summed E-state index contributed by atoms with van der Waals surface area (Å²) in [7, 11) is 0. The highest BCUT2D eigenvalue weighted by Crippen LogP contribution is 2.32. The largest absolute Gasteiger partial charge is 0.353 e. The summed E-state index contributed by atoms with van der Waals surface area (Å²) >= 11 is 0. The number of pyridine rings is 1. The van der Waals surface area contributed by atoms with Gasteiger partial charge in [0.15, 0.2) is 0 Å². The number of rotatable bonds is 7. The van der Waals surface area contributed by atoms with Crippen LogP contribution in [-0.4, -0.2) is 21.8 Å². The zero-order chi connectivity index (χ0) is 24.9. The van der Waals surface area contributed by atoms with E-state index < -0.39 is 0 Å². The second-order valence-electron chi connectivity index (χ2n) is 9.03. The van der Waals surface area contributed by atoms with Crippen LogP contribution in [0.25, 0.3) is 33.2 Å². The first-order chi connectivity index (χ1) is 17.6. The van der Waals surface area contributed by atoms with Gasteiger partial charge in [0, 0.05) is 22.7 Å². The van der Waals surface area contributed by atoms with Crippen molar-refractivity contribution in [1.29, 1.82) is 0 Å². The van der Waals surface area contributed by atoms with E-state index in [4.69, 9.17) is 4.98 Å². The first-order valence-electron chi connectivity index (χ1n) is 12.2. The van der Waals surface area contributed by atoms with Crippen LogP contribution in [0.2, 0.25) is 0 Å². The predicted molar refractivity (Wildman–Crippen MR) is 143 cm³/mol. The molecule has 36 heavy (non-hydrogen) atoms. The van der Waals surface area contributed by atoms with Gasteiger partial charge < -0.3 is 4.98 Å². The van der Waals surface area contributed by atoms with Gasteiger partial charge in [-0.3, -0.25) is 20.4 Å². The van der Waals surface area contributed by atoms with Crippen molar-refractivity contribution in [2.24, 2.45) is 0 Å². The zero-order valence-corrected chi connectivity index (χ0v) is 20.2. The number of hydrazine groups is 1. The molecule has 6 nitrogen and oxygen atoms in total. The van der Waals surface area contributed by atoms with Gasteiger partial charge in [-0.05, 0) is 55.2 Å². The molecule has 180 valence electrons. The van der Waals surface area contributed by atoms with Crippen molar-refractivity contribution in [2.45, 2.75) is 32.6 Å². The molecule has 3 N–H and O–H groups in total. The third-order valence-electron chi connectivity index (χ3n) is 6.30. The number of benzene rings is 3. The van der Waals surface area contributed by atoms with Crippen LogP contribution >= 0.6 is 0 Å². The number of aromatic amines is 1. The van der Waals surface area contributed by atoms with Gasteiger partial charge in [-0.25, -0.2) is 4.98 Å². The summed E-state index contributed by atoms with van der Waals surface area (Å²) in [5.74, 6) is -0.455. The summed E-state index contributed by atoms with van der Waals surface area (Å²) < 4.78 is 0. The van der Waals surface area contributed by atoms with E-state index in [0.717, 1.165) is 44.3 Å². The SMILES string of the molecule is Cc1ccc2[nH]c(-c3ccc4ccccc4n3)c(CCCC(=O)NNC(=O)Cc3ccccc3)c2c1. The fraction of sp³-hybridized carbons (Fsp3) is 0.167. The number of fused-ring (bicyclic) bond motifs is 2. The van der Waals surface area contributed by atoms with Gasteiger partial charge in [0.2, 0.25) is 11.8 Å². The van der Waals surface area contributed by atoms with Crippen molar-refractivity contribution in [1.82, 2.24) is 20.8 Å². The minimum Gasteiger partial charge on any atom is -0.353 e. The number of aryl methyl sites for hydroxylation is 2. The van der Waals surface area contributed by atoms with E-state index in [1.54, 1.807) is 0 Å². The number of aromatic nitrogens is 2. The molecule has 0 spiro atoms. The summed E-state index contributed by atoms with van der Waals surface area (Å²) in [6.07, 6.45) is 1.87. The zero-order valence-electron chi connectivity index (χ0n) is 20.2. The maximum Gasteiger partial charge on any atom is 0.242 e. The third kappa shape index (κ3) is 5.28. The summed E-state index contributed by atoms with van der Waals surface area (Å²) in [5, 5.41) is 2.25. The van der Waals surface area contributed by atoms with Crippen LogP contribution in [0.1, 0.15) is 29.5 Å². The molecule has 0 atom stereocenters. The van der Waals surface area contributed by atoms with Crippen LogP contribution in [0.15, 0.2) is 84.9 Å². The van der Waals surface area contributed by atoms with Crippen molar-refractivity contribution in [3.63, 3.8) is 0 Å². The van der Waals surface area contributed by atoms with Crippen molar-refractivity contribution in [3.05, 3.63) is 102 Å². The Morgan fingerprint density at radius 3 is 2.50 bits per heavy atom. The highest BCUT2D eigenvalue weighted by atomic mass is 16.2. The molecular weight excluding hydrogens is 448 g/mol. The monoisotopic (exact) mass is 476 g/mol. The number of amides is 2. The second-order valence-corrected chi connectivity index (χ2v) is 9.03. The number of carbonyl (C=O) groups is 2. The van der Waals surface area contributed by atoms with Crippen LogP contribution in [0.3, 0.4) is 0 Å². The molecular formula is C30H28N4O2. The molecule has 0 aliphatic rings. The Morgan fingerprint density at radius 1 is 0.861 bits per heavy atom. The number of nitrogens with one attached hydrogen (secondary N) is 3. The van der Waals surface area contributed by atoms with Crippen molar-refractivity contribution >= 4 is 33.6 Å². The number of carbonyl (C=O) groups excluding carboxylic acids is 2. The van der Waals surface area contributed by atoms with E-state index in [1.807, 2.05) is 54.6 Å². The average molecular weight is 477 g/mol. The normalized spacial score (nSPS) is 11.0. The highest BCUT2D eigenvalue weighted by molar-refractivity contribution is 5.92. The fourth-order valence-corrected chi connectivity index (χ4v) is 4.50. The second kappa shape index (κ2) is 10.4. The lowest BCUT2D eigenvalue weighted by molar-refractivity contribution is -0.128. The Kier molecular flexibility index (Phi) is 6.76. The molecule has 5 rings (SSSR count). The van der Waals surface area contributed by atoms with Gasteiger partial charge in [-0.15, -0.1) is 0 Å². The number of para-hydroxylation sites is 1. The quantitative estimate of drug-likeness (QED) is 0.275. The Labute approximate surface area is 209 Å². The van der Waals surface area contributed by atoms with E-state index in [0.29, 0.717) is 19.3 Å². The molecule has 0 radical (unpaired) electrons. The van der Waals surface area contributed by atoms with Gasteiger partial charge >= 0.3 is 0 Å². The predicted octanol–water partition coefficient (Wildman–Crippen LogP) is 5.40. The van der Waals surface area contributed by atoms with Crippen LogP contribution < -0.4 is 10.9 Å². The summed E-state index contributed by atoms with van der Waals surface area (Å²) in [6, 6.07) is 28.0. The minimum atomic E-state index is -0.244. The number of hydrogen-bond acceptors (Lipinski definition) is 3. The maximum absolute atomic E-state index is 12.4. The number of nitrogens with zero attached hydrogens (tertiary/aromatic N) is 1. The van der Waals surface area contributed by atoms with Crippen molar-refractivity contribution in [2.75, 3.05) is 0 Å². The summed E-state index contributed by atoms with van der Waals surface area (Å²) in [6.45, 7) is 2.08. The smallest absolute Gasteiger partial charge is 0.242 e. The molecule has 5 aromatic rings.